The third kappa shape index (κ3) is 4.54. The molecule has 0 radical (unpaired) electrons. The number of amides is 1. The fraction of sp³-hybridized carbons (Fsp3) is 0.467. The number of hydrogen-bond acceptors (Lipinski definition) is 3. The summed E-state index contributed by atoms with van der Waals surface area (Å²) in [5.74, 6) is -0.527. The maximum atomic E-state index is 12.1. The summed E-state index contributed by atoms with van der Waals surface area (Å²) in [5.41, 5.74) is 1.07. The average Bonchev–Trinajstić information content (AvgIpc) is 2.38. The first-order valence-electron chi connectivity index (χ1n) is 6.87. The molecule has 0 aliphatic carbocycles. The number of benzene rings is 1. The first-order valence-corrected chi connectivity index (χ1v) is 7.66. The third-order valence-electron chi connectivity index (χ3n) is 3.65. The minimum absolute atomic E-state index is 0.0551. The van der Waals surface area contributed by atoms with E-state index in [-0.39, 0.29) is 18.2 Å². The van der Waals surface area contributed by atoms with Crippen molar-refractivity contribution in [2.24, 2.45) is 5.92 Å². The Kier molecular flexibility index (Phi) is 5.36. The van der Waals surface area contributed by atoms with E-state index in [1.165, 1.54) is 0 Å². The van der Waals surface area contributed by atoms with Crippen molar-refractivity contribution in [3.05, 3.63) is 34.3 Å². The van der Waals surface area contributed by atoms with Gasteiger partial charge in [-0.05, 0) is 17.5 Å². The highest BCUT2D eigenvalue weighted by Crippen LogP contribution is 2.20. The van der Waals surface area contributed by atoms with Crippen LogP contribution < -0.4 is 0 Å². The van der Waals surface area contributed by atoms with Gasteiger partial charge < -0.3 is 10.0 Å². The van der Waals surface area contributed by atoms with Crippen LogP contribution in [0.25, 0.3) is 0 Å². The predicted molar refractivity (Wildman–Crippen MR) is 82.8 cm³/mol. The van der Waals surface area contributed by atoms with Gasteiger partial charge in [0.25, 0.3) is 0 Å². The lowest BCUT2D eigenvalue weighted by atomic mass is 9.96. The Labute approximate surface area is 132 Å². The molecule has 21 heavy (non-hydrogen) atoms. The Morgan fingerprint density at radius 3 is 2.67 bits per heavy atom. The first-order chi connectivity index (χ1) is 9.95. The van der Waals surface area contributed by atoms with Crippen LogP contribution >= 0.6 is 15.9 Å². The lowest BCUT2D eigenvalue weighted by molar-refractivity contribution is -0.140. The van der Waals surface area contributed by atoms with Crippen molar-refractivity contribution in [1.29, 1.82) is 0 Å². The van der Waals surface area contributed by atoms with E-state index in [4.69, 9.17) is 5.11 Å². The van der Waals surface area contributed by atoms with Crippen LogP contribution in [0.15, 0.2) is 28.7 Å². The number of carbonyl (C=O) groups excluding carboxylic acids is 1. The Morgan fingerprint density at radius 2 is 2.05 bits per heavy atom. The van der Waals surface area contributed by atoms with Crippen molar-refractivity contribution in [3.8, 4) is 0 Å². The molecule has 114 valence electrons. The highest BCUT2D eigenvalue weighted by Gasteiger charge is 2.30. The SMILES string of the molecule is CN(Cc1ccccc1Br)C(=O)CN1CC(CC(=O)O)C1. The summed E-state index contributed by atoms with van der Waals surface area (Å²) in [6, 6.07) is 7.84. The molecule has 1 amide bonds. The van der Waals surface area contributed by atoms with Gasteiger partial charge in [-0.25, -0.2) is 0 Å². The van der Waals surface area contributed by atoms with Crippen LogP contribution in [-0.2, 0) is 16.1 Å². The molecule has 1 saturated heterocycles. The molecular weight excluding hydrogens is 336 g/mol. The van der Waals surface area contributed by atoms with E-state index < -0.39 is 5.97 Å². The Bertz CT molecular complexity index is 529. The van der Waals surface area contributed by atoms with Crippen LogP contribution in [0.5, 0.6) is 0 Å². The van der Waals surface area contributed by atoms with E-state index >= 15 is 0 Å². The second kappa shape index (κ2) is 7.04. The molecule has 0 spiro atoms. The van der Waals surface area contributed by atoms with E-state index in [0.717, 1.165) is 10.0 Å². The normalized spacial score (nSPS) is 15.5. The molecule has 1 aliphatic heterocycles. The Balaban J connectivity index is 1.77. The van der Waals surface area contributed by atoms with Gasteiger partial charge >= 0.3 is 5.97 Å². The smallest absolute Gasteiger partial charge is 0.303 e. The number of rotatable bonds is 6. The number of halogens is 1. The molecule has 2 rings (SSSR count). The zero-order chi connectivity index (χ0) is 15.4. The molecule has 1 aromatic rings. The summed E-state index contributed by atoms with van der Waals surface area (Å²) >= 11 is 3.48. The van der Waals surface area contributed by atoms with Crippen molar-refractivity contribution < 1.29 is 14.7 Å². The number of carbonyl (C=O) groups is 2. The summed E-state index contributed by atoms with van der Waals surface area (Å²) in [7, 11) is 1.79. The Hall–Kier alpha value is -1.40. The molecule has 1 fully saturated rings. The zero-order valence-electron chi connectivity index (χ0n) is 12.0. The fourth-order valence-corrected chi connectivity index (χ4v) is 2.87. The van der Waals surface area contributed by atoms with Crippen molar-refractivity contribution >= 4 is 27.8 Å². The number of nitrogens with zero attached hydrogens (tertiary/aromatic N) is 2. The van der Waals surface area contributed by atoms with Gasteiger partial charge in [0.1, 0.15) is 0 Å². The molecule has 0 atom stereocenters. The molecule has 6 heteroatoms. The lowest BCUT2D eigenvalue weighted by Crippen LogP contribution is -2.51. The zero-order valence-corrected chi connectivity index (χ0v) is 13.5. The molecule has 0 bridgehead atoms. The van der Waals surface area contributed by atoms with Gasteiger partial charge in [0.2, 0.25) is 5.91 Å². The third-order valence-corrected chi connectivity index (χ3v) is 4.42. The first kappa shape index (κ1) is 16.0. The lowest BCUT2D eigenvalue weighted by Gasteiger charge is -2.38. The molecule has 1 aliphatic rings. The maximum absolute atomic E-state index is 12.1. The summed E-state index contributed by atoms with van der Waals surface area (Å²) in [5, 5.41) is 8.70. The summed E-state index contributed by atoms with van der Waals surface area (Å²) in [4.78, 5) is 26.4. The molecule has 1 N–H and O–H groups in total. The maximum Gasteiger partial charge on any atom is 0.303 e. The molecule has 0 aromatic heterocycles. The standard InChI is InChI=1S/C15H19BrN2O3/c1-17(9-12-4-2-3-5-13(12)16)14(19)10-18-7-11(8-18)6-15(20)21/h2-5,11H,6-10H2,1H3,(H,20,21). The minimum Gasteiger partial charge on any atom is -0.481 e. The van der Waals surface area contributed by atoms with Crippen LogP contribution in [0.2, 0.25) is 0 Å². The second-order valence-electron chi connectivity index (χ2n) is 5.50. The van der Waals surface area contributed by atoms with Gasteiger partial charge in [0, 0.05) is 31.2 Å². The second-order valence-corrected chi connectivity index (χ2v) is 6.35. The van der Waals surface area contributed by atoms with Crippen molar-refractivity contribution in [2.75, 3.05) is 26.7 Å². The van der Waals surface area contributed by atoms with Gasteiger partial charge in [-0.2, -0.15) is 0 Å². The predicted octanol–water partition coefficient (Wildman–Crippen LogP) is 1.81. The number of aliphatic carboxylic acids is 1. The molecule has 1 heterocycles. The number of likely N-dealkylation sites (N-methyl/N-ethyl adjacent to an activating group) is 1. The average molecular weight is 355 g/mol. The highest BCUT2D eigenvalue weighted by molar-refractivity contribution is 9.10. The van der Waals surface area contributed by atoms with Crippen LogP contribution in [0, 0.1) is 5.92 Å². The number of carboxylic acid groups (broad SMARTS) is 1. The molecule has 1 aromatic carbocycles. The van der Waals surface area contributed by atoms with E-state index in [0.29, 0.717) is 26.2 Å². The van der Waals surface area contributed by atoms with Crippen molar-refractivity contribution in [2.45, 2.75) is 13.0 Å². The van der Waals surface area contributed by atoms with E-state index in [1.807, 2.05) is 29.2 Å². The van der Waals surface area contributed by atoms with E-state index in [1.54, 1.807) is 11.9 Å². The van der Waals surface area contributed by atoms with E-state index in [9.17, 15) is 9.59 Å². The minimum atomic E-state index is -0.767. The van der Waals surface area contributed by atoms with Crippen molar-refractivity contribution in [3.63, 3.8) is 0 Å². The topological polar surface area (TPSA) is 60.9 Å². The summed E-state index contributed by atoms with van der Waals surface area (Å²) in [6.45, 7) is 2.31. The molecule has 0 unspecified atom stereocenters. The summed E-state index contributed by atoms with van der Waals surface area (Å²) in [6.07, 6.45) is 0.192. The van der Waals surface area contributed by atoms with Crippen LogP contribution in [-0.4, -0.2) is 53.5 Å². The van der Waals surface area contributed by atoms with Crippen molar-refractivity contribution in [1.82, 2.24) is 9.80 Å². The monoisotopic (exact) mass is 354 g/mol. The Morgan fingerprint density at radius 1 is 1.38 bits per heavy atom. The molecule has 0 saturated carbocycles. The number of carboxylic acids is 1. The van der Waals surface area contributed by atoms with E-state index in [2.05, 4.69) is 15.9 Å². The van der Waals surface area contributed by atoms with Crippen LogP contribution in [0.4, 0.5) is 0 Å². The fourth-order valence-electron chi connectivity index (χ4n) is 2.46. The quantitative estimate of drug-likeness (QED) is 0.846. The largest absolute Gasteiger partial charge is 0.481 e. The van der Waals surface area contributed by atoms with Gasteiger partial charge in [0.05, 0.1) is 13.0 Å². The van der Waals surface area contributed by atoms with Gasteiger partial charge in [-0.15, -0.1) is 0 Å². The van der Waals surface area contributed by atoms with Crippen LogP contribution in [0.3, 0.4) is 0 Å². The number of hydrogen-bond donors (Lipinski definition) is 1. The summed E-state index contributed by atoms with van der Waals surface area (Å²) < 4.78 is 0.995. The van der Waals surface area contributed by atoms with Gasteiger partial charge in [-0.1, -0.05) is 34.1 Å². The number of likely N-dealkylation sites (tertiary alicyclic amines) is 1. The van der Waals surface area contributed by atoms with Crippen LogP contribution in [0.1, 0.15) is 12.0 Å². The highest BCUT2D eigenvalue weighted by atomic mass is 79.9. The molecular formula is C15H19BrN2O3. The van der Waals surface area contributed by atoms with Gasteiger partial charge in [-0.3, -0.25) is 14.5 Å². The molecule has 5 nitrogen and oxygen atoms in total. The van der Waals surface area contributed by atoms with Gasteiger partial charge in [0.15, 0.2) is 0 Å².